The summed E-state index contributed by atoms with van der Waals surface area (Å²) in [4.78, 5) is 45.4. The zero-order chi connectivity index (χ0) is 23.9. The van der Waals surface area contributed by atoms with Gasteiger partial charge >= 0.3 is 11.7 Å². The van der Waals surface area contributed by atoms with Crippen molar-refractivity contribution >= 4 is 40.3 Å². The van der Waals surface area contributed by atoms with E-state index in [9.17, 15) is 14.4 Å². The number of fused-ring (bicyclic) bond motifs is 1. The molecule has 0 aliphatic rings. The van der Waals surface area contributed by atoms with Crippen molar-refractivity contribution in [3.05, 3.63) is 79.4 Å². The van der Waals surface area contributed by atoms with Gasteiger partial charge < -0.3 is 4.74 Å². The van der Waals surface area contributed by atoms with Crippen LogP contribution in [-0.4, -0.2) is 25.1 Å². The van der Waals surface area contributed by atoms with Crippen LogP contribution in [0.15, 0.2) is 58.1 Å². The topological polar surface area (TPSA) is 99.0 Å². The minimum Gasteiger partial charge on any atom is -0.443 e. The Morgan fingerprint density at radius 1 is 1.06 bits per heavy atom. The Morgan fingerprint density at radius 3 is 2.36 bits per heavy atom. The normalized spacial score (nSPS) is 11.7. The number of esters is 1. The van der Waals surface area contributed by atoms with Gasteiger partial charge in [0, 0.05) is 16.3 Å². The molecule has 1 N–H and O–H groups in total. The molecule has 0 unspecified atom stereocenters. The maximum atomic E-state index is 13.4. The maximum Gasteiger partial charge on any atom is 0.332 e. The number of imidazole rings is 1. The molecular weight excluding hydrogens is 467 g/mol. The number of benzene rings is 2. The van der Waals surface area contributed by atoms with Crippen LogP contribution in [0.4, 0.5) is 0 Å². The minimum absolute atomic E-state index is 0.0771. The molecule has 0 saturated carbocycles. The van der Waals surface area contributed by atoms with E-state index in [0.29, 0.717) is 27.1 Å². The Labute approximate surface area is 198 Å². The first-order chi connectivity index (χ1) is 15.6. The fourth-order valence-corrected chi connectivity index (χ4v) is 3.56. The lowest BCUT2D eigenvalue weighted by Crippen LogP contribution is -2.38. The summed E-state index contributed by atoms with van der Waals surface area (Å²) in [7, 11) is 0. The highest BCUT2D eigenvalue weighted by Gasteiger charge is 2.25. The number of hydrogen-bond acceptors (Lipinski definition) is 5. The van der Waals surface area contributed by atoms with Crippen LogP contribution in [0.5, 0.6) is 0 Å². The molecule has 0 aliphatic heterocycles. The summed E-state index contributed by atoms with van der Waals surface area (Å²) in [6, 6.07) is 13.8. The second-order valence-electron chi connectivity index (χ2n) is 8.40. The highest BCUT2D eigenvalue weighted by atomic mass is 35.5. The Kier molecular flexibility index (Phi) is 5.90. The van der Waals surface area contributed by atoms with Crippen LogP contribution in [0.25, 0.3) is 28.2 Å². The molecule has 8 nitrogen and oxygen atoms in total. The largest absolute Gasteiger partial charge is 0.443 e. The van der Waals surface area contributed by atoms with Crippen molar-refractivity contribution in [2.45, 2.75) is 27.5 Å². The van der Waals surface area contributed by atoms with E-state index in [-0.39, 0.29) is 11.2 Å². The van der Waals surface area contributed by atoms with E-state index >= 15 is 0 Å². The third kappa shape index (κ3) is 4.31. The second-order valence-corrected chi connectivity index (χ2v) is 9.24. The molecule has 0 fully saturated rings. The predicted molar refractivity (Wildman–Crippen MR) is 127 cm³/mol. The van der Waals surface area contributed by atoms with Crippen LogP contribution in [0.2, 0.25) is 10.0 Å². The lowest BCUT2D eigenvalue weighted by molar-refractivity contribution is -0.157. The van der Waals surface area contributed by atoms with Crippen LogP contribution < -0.4 is 11.2 Å². The lowest BCUT2D eigenvalue weighted by Gasteiger charge is -2.16. The molecule has 10 heteroatoms. The molecule has 4 aromatic rings. The van der Waals surface area contributed by atoms with Crippen LogP contribution in [0, 0.1) is 5.41 Å². The van der Waals surface area contributed by atoms with Gasteiger partial charge in [-0.1, -0.05) is 35.3 Å². The van der Waals surface area contributed by atoms with E-state index in [1.54, 1.807) is 73.9 Å². The number of carbonyl (C=O) groups excluding carboxylic acids is 1. The van der Waals surface area contributed by atoms with Gasteiger partial charge in [0.15, 0.2) is 17.9 Å². The number of aromatic amines is 1. The molecule has 0 spiro atoms. The van der Waals surface area contributed by atoms with E-state index in [1.165, 1.54) is 0 Å². The van der Waals surface area contributed by atoms with Gasteiger partial charge in [0.1, 0.15) is 5.82 Å². The van der Waals surface area contributed by atoms with Crippen LogP contribution >= 0.6 is 23.2 Å². The van der Waals surface area contributed by atoms with Crippen LogP contribution in [0.1, 0.15) is 20.8 Å². The number of ether oxygens (including phenoxy) is 1. The molecule has 0 saturated heterocycles. The van der Waals surface area contributed by atoms with Gasteiger partial charge in [-0.3, -0.25) is 19.1 Å². The Bertz CT molecular complexity index is 1480. The number of carbonyl (C=O) groups is 1. The van der Waals surface area contributed by atoms with Gasteiger partial charge in [-0.25, -0.2) is 14.3 Å². The molecule has 2 aromatic heterocycles. The third-order valence-electron chi connectivity index (χ3n) is 4.93. The van der Waals surface area contributed by atoms with Gasteiger partial charge in [0.2, 0.25) is 0 Å². The average Bonchev–Trinajstić information content (AvgIpc) is 3.12. The molecule has 33 heavy (non-hydrogen) atoms. The quantitative estimate of drug-likeness (QED) is 0.431. The molecule has 2 heterocycles. The Morgan fingerprint density at radius 2 is 1.73 bits per heavy atom. The summed E-state index contributed by atoms with van der Waals surface area (Å²) in [5.74, 6) is -0.188. The van der Waals surface area contributed by atoms with E-state index in [2.05, 4.69) is 9.97 Å². The molecular formula is C23H20Cl2N4O4. The first kappa shape index (κ1) is 22.8. The number of H-pyrrole nitrogens is 1. The maximum absolute atomic E-state index is 13.4. The molecule has 0 aliphatic carbocycles. The van der Waals surface area contributed by atoms with E-state index in [1.807, 2.05) is 0 Å². The fourth-order valence-electron chi connectivity index (χ4n) is 3.22. The van der Waals surface area contributed by atoms with Gasteiger partial charge in [-0.15, -0.1) is 0 Å². The van der Waals surface area contributed by atoms with Crippen LogP contribution in [-0.2, 0) is 16.3 Å². The number of hydrogen-bond donors (Lipinski definition) is 1. The SMILES string of the molecule is CC(C)(C)C(=O)OCn1c(=O)[nH]c2nc(-c3ccccc3Cl)n(-c3ccc(Cl)cc3)c2c1=O. The first-order valence-corrected chi connectivity index (χ1v) is 10.8. The average molecular weight is 487 g/mol. The van der Waals surface area contributed by atoms with Crippen molar-refractivity contribution in [2.75, 3.05) is 0 Å². The van der Waals surface area contributed by atoms with Crippen molar-refractivity contribution in [3.8, 4) is 17.1 Å². The van der Waals surface area contributed by atoms with Crippen molar-refractivity contribution in [1.29, 1.82) is 0 Å². The summed E-state index contributed by atoms with van der Waals surface area (Å²) in [5.41, 5.74) is -0.887. The summed E-state index contributed by atoms with van der Waals surface area (Å²) < 4.78 is 7.62. The molecule has 0 radical (unpaired) electrons. The van der Waals surface area contributed by atoms with Crippen molar-refractivity contribution in [1.82, 2.24) is 19.1 Å². The smallest absolute Gasteiger partial charge is 0.332 e. The Balaban J connectivity index is 1.98. The van der Waals surface area contributed by atoms with Gasteiger partial charge in [0.05, 0.1) is 10.4 Å². The highest BCUT2D eigenvalue weighted by molar-refractivity contribution is 6.33. The Hall–Kier alpha value is -3.36. The summed E-state index contributed by atoms with van der Waals surface area (Å²) in [5, 5.41) is 0.937. The van der Waals surface area contributed by atoms with Crippen LogP contribution in [0.3, 0.4) is 0 Å². The van der Waals surface area contributed by atoms with Gasteiger partial charge in [0.25, 0.3) is 5.56 Å². The summed E-state index contributed by atoms with van der Waals surface area (Å²) in [6.45, 7) is 4.50. The van der Waals surface area contributed by atoms with Crippen molar-refractivity contribution < 1.29 is 9.53 Å². The zero-order valence-electron chi connectivity index (χ0n) is 18.1. The molecule has 2 aromatic carbocycles. The van der Waals surface area contributed by atoms with E-state index in [0.717, 1.165) is 4.57 Å². The number of aromatic nitrogens is 4. The number of nitrogens with zero attached hydrogens (tertiary/aromatic N) is 3. The number of halogens is 2. The van der Waals surface area contributed by atoms with E-state index < -0.39 is 29.4 Å². The molecule has 4 rings (SSSR count). The van der Waals surface area contributed by atoms with Gasteiger partial charge in [-0.2, -0.15) is 0 Å². The zero-order valence-corrected chi connectivity index (χ0v) is 19.6. The third-order valence-corrected chi connectivity index (χ3v) is 5.51. The molecule has 170 valence electrons. The minimum atomic E-state index is -0.789. The second kappa shape index (κ2) is 8.53. The molecule has 0 amide bonds. The fraction of sp³-hybridized carbons (Fsp3) is 0.217. The van der Waals surface area contributed by atoms with Crippen molar-refractivity contribution in [2.24, 2.45) is 5.41 Å². The van der Waals surface area contributed by atoms with Crippen molar-refractivity contribution in [3.63, 3.8) is 0 Å². The molecule has 0 atom stereocenters. The lowest BCUT2D eigenvalue weighted by atomic mass is 9.98. The predicted octanol–water partition coefficient (Wildman–Crippen LogP) is 4.40. The summed E-state index contributed by atoms with van der Waals surface area (Å²) in [6.07, 6.45) is 0. The van der Waals surface area contributed by atoms with Gasteiger partial charge in [-0.05, 0) is 57.2 Å². The number of rotatable bonds is 4. The monoisotopic (exact) mass is 486 g/mol. The first-order valence-electron chi connectivity index (χ1n) is 10.0. The van der Waals surface area contributed by atoms with E-state index in [4.69, 9.17) is 27.9 Å². The standard InChI is InChI=1S/C23H20Cl2N4O4/c1-23(2,3)21(31)33-12-28-20(30)17-18(27-22(28)32)26-19(15-6-4-5-7-16(15)25)29(17)14-10-8-13(24)9-11-14/h4-11H,12H2,1-3H3,(H,27,32). The highest BCUT2D eigenvalue weighted by Crippen LogP contribution is 2.31. The molecule has 0 bridgehead atoms. The summed E-state index contributed by atoms with van der Waals surface area (Å²) >= 11 is 12.5. The number of nitrogens with one attached hydrogen (secondary N) is 1.